The van der Waals surface area contributed by atoms with Crippen LogP contribution in [-0.2, 0) is 17.6 Å². The van der Waals surface area contributed by atoms with Crippen LogP contribution in [0.15, 0.2) is 24.3 Å². The highest BCUT2D eigenvalue weighted by molar-refractivity contribution is 5.82. The van der Waals surface area contributed by atoms with E-state index in [0.29, 0.717) is 18.7 Å². The average Bonchev–Trinajstić information content (AvgIpc) is 2.61. The van der Waals surface area contributed by atoms with Crippen molar-refractivity contribution in [3.8, 4) is 0 Å². The van der Waals surface area contributed by atoms with Gasteiger partial charge < -0.3 is 5.73 Å². The van der Waals surface area contributed by atoms with Gasteiger partial charge in [-0.25, -0.2) is 0 Å². The second-order valence-electron chi connectivity index (χ2n) is 3.88. The van der Waals surface area contributed by atoms with Crippen molar-refractivity contribution >= 4 is 5.78 Å². The van der Waals surface area contributed by atoms with Crippen LogP contribution in [0.4, 0.5) is 0 Å². The minimum absolute atomic E-state index is 0.191. The molecule has 0 amide bonds. The first-order valence-electron chi connectivity index (χ1n) is 5.11. The Hall–Kier alpha value is -1.15. The number of Topliss-reactive ketones (excluding diaryl/α,β-unsaturated/α-hetero) is 1. The van der Waals surface area contributed by atoms with Gasteiger partial charge >= 0.3 is 0 Å². The number of hydrogen-bond donors (Lipinski definition) is 1. The number of benzene rings is 1. The summed E-state index contributed by atoms with van der Waals surface area (Å²) < 4.78 is 0. The van der Waals surface area contributed by atoms with Crippen molar-refractivity contribution in [2.45, 2.75) is 19.3 Å². The van der Waals surface area contributed by atoms with Crippen molar-refractivity contribution in [1.29, 1.82) is 0 Å². The number of ketones is 1. The van der Waals surface area contributed by atoms with Crippen molar-refractivity contribution in [3.05, 3.63) is 35.4 Å². The molecule has 2 nitrogen and oxygen atoms in total. The van der Waals surface area contributed by atoms with Crippen molar-refractivity contribution < 1.29 is 4.79 Å². The van der Waals surface area contributed by atoms with Gasteiger partial charge in [0.15, 0.2) is 0 Å². The quantitative estimate of drug-likeness (QED) is 0.779. The van der Waals surface area contributed by atoms with Gasteiger partial charge in [0.2, 0.25) is 0 Å². The zero-order valence-electron chi connectivity index (χ0n) is 8.20. The molecule has 1 aromatic rings. The summed E-state index contributed by atoms with van der Waals surface area (Å²) in [6.07, 6.45) is 2.35. The summed E-state index contributed by atoms with van der Waals surface area (Å²) in [4.78, 5) is 11.6. The molecule has 0 aromatic heterocycles. The molecular weight excluding hydrogens is 174 g/mol. The Morgan fingerprint density at radius 3 is 2.36 bits per heavy atom. The highest BCUT2D eigenvalue weighted by Gasteiger charge is 2.25. The summed E-state index contributed by atoms with van der Waals surface area (Å²) in [7, 11) is 0. The molecule has 1 aliphatic rings. The Labute approximate surface area is 84.1 Å². The van der Waals surface area contributed by atoms with E-state index >= 15 is 0 Å². The molecule has 0 unspecified atom stereocenters. The zero-order chi connectivity index (χ0) is 9.97. The van der Waals surface area contributed by atoms with E-state index in [2.05, 4.69) is 12.1 Å². The third-order valence-electron chi connectivity index (χ3n) is 2.90. The molecule has 2 rings (SSSR count). The first-order chi connectivity index (χ1) is 6.81. The van der Waals surface area contributed by atoms with E-state index < -0.39 is 0 Å². The first-order valence-corrected chi connectivity index (χ1v) is 5.11. The van der Waals surface area contributed by atoms with Gasteiger partial charge in [0.05, 0.1) is 0 Å². The van der Waals surface area contributed by atoms with Gasteiger partial charge in [-0.2, -0.15) is 0 Å². The van der Waals surface area contributed by atoms with Gasteiger partial charge in [-0.05, 0) is 30.5 Å². The molecule has 14 heavy (non-hydrogen) atoms. The van der Waals surface area contributed by atoms with E-state index in [-0.39, 0.29) is 5.92 Å². The molecule has 0 heterocycles. The van der Waals surface area contributed by atoms with Crippen LogP contribution in [0.3, 0.4) is 0 Å². The smallest absolute Gasteiger partial charge is 0.137 e. The fourth-order valence-corrected chi connectivity index (χ4v) is 2.13. The van der Waals surface area contributed by atoms with Gasteiger partial charge in [0, 0.05) is 12.3 Å². The maximum atomic E-state index is 11.6. The predicted octanol–water partition coefficient (Wildman–Crippen LogP) is 1.32. The number of carbonyl (C=O) groups excluding carboxylic acids is 1. The fraction of sp³-hybridized carbons (Fsp3) is 0.417. The predicted molar refractivity (Wildman–Crippen MR) is 56.0 cm³/mol. The average molecular weight is 189 g/mol. The van der Waals surface area contributed by atoms with Crippen LogP contribution < -0.4 is 5.73 Å². The van der Waals surface area contributed by atoms with Crippen LogP contribution in [-0.4, -0.2) is 12.3 Å². The monoisotopic (exact) mass is 189 g/mol. The minimum Gasteiger partial charge on any atom is -0.330 e. The molecule has 0 spiro atoms. The highest BCUT2D eigenvalue weighted by Crippen LogP contribution is 2.27. The van der Waals surface area contributed by atoms with E-state index in [0.717, 1.165) is 12.8 Å². The molecule has 0 fully saturated rings. The molecule has 2 heteroatoms. The SMILES string of the molecule is NCCC(=O)C1Cc2ccccc2C1. The van der Waals surface area contributed by atoms with Crippen molar-refractivity contribution in [3.63, 3.8) is 0 Å². The topological polar surface area (TPSA) is 43.1 Å². The summed E-state index contributed by atoms with van der Waals surface area (Å²) >= 11 is 0. The molecule has 0 bridgehead atoms. The highest BCUT2D eigenvalue weighted by atomic mass is 16.1. The van der Waals surface area contributed by atoms with Crippen molar-refractivity contribution in [1.82, 2.24) is 0 Å². The molecular formula is C12H15NO. The summed E-state index contributed by atoms with van der Waals surface area (Å²) in [6, 6.07) is 8.30. The molecule has 0 atom stereocenters. The molecule has 0 aliphatic heterocycles. The minimum atomic E-state index is 0.191. The van der Waals surface area contributed by atoms with Crippen LogP contribution in [0.2, 0.25) is 0 Å². The second-order valence-corrected chi connectivity index (χ2v) is 3.88. The number of carbonyl (C=O) groups is 1. The second kappa shape index (κ2) is 3.93. The van der Waals surface area contributed by atoms with Gasteiger partial charge in [0.25, 0.3) is 0 Å². The lowest BCUT2D eigenvalue weighted by Crippen LogP contribution is -2.18. The standard InChI is InChI=1S/C12H15NO/c13-6-5-12(14)11-7-9-3-1-2-4-10(9)8-11/h1-4,11H,5-8,13H2. The number of nitrogens with two attached hydrogens (primary N) is 1. The van der Waals surface area contributed by atoms with Crippen LogP contribution >= 0.6 is 0 Å². The molecule has 0 saturated heterocycles. The molecule has 0 saturated carbocycles. The Kier molecular flexibility index (Phi) is 2.64. The largest absolute Gasteiger partial charge is 0.330 e. The molecule has 0 radical (unpaired) electrons. The van der Waals surface area contributed by atoms with Crippen LogP contribution in [0, 0.1) is 5.92 Å². The normalized spacial score (nSPS) is 15.5. The van der Waals surface area contributed by atoms with E-state index in [4.69, 9.17) is 5.73 Å². The third kappa shape index (κ3) is 1.70. The summed E-state index contributed by atoms with van der Waals surface area (Å²) in [6.45, 7) is 0.478. The fourth-order valence-electron chi connectivity index (χ4n) is 2.13. The van der Waals surface area contributed by atoms with Crippen LogP contribution in [0.25, 0.3) is 0 Å². The molecule has 1 aromatic carbocycles. The van der Waals surface area contributed by atoms with Gasteiger partial charge in [-0.15, -0.1) is 0 Å². The Morgan fingerprint density at radius 1 is 1.29 bits per heavy atom. The van der Waals surface area contributed by atoms with Crippen molar-refractivity contribution in [2.75, 3.05) is 6.54 Å². The molecule has 74 valence electrons. The summed E-state index contributed by atoms with van der Waals surface area (Å²) in [5, 5.41) is 0. The lowest BCUT2D eigenvalue weighted by molar-refractivity contribution is -0.122. The summed E-state index contributed by atoms with van der Waals surface area (Å²) in [5.74, 6) is 0.514. The molecule has 1 aliphatic carbocycles. The van der Waals surface area contributed by atoms with E-state index in [1.165, 1.54) is 11.1 Å². The Morgan fingerprint density at radius 2 is 1.86 bits per heavy atom. The molecule has 2 N–H and O–H groups in total. The van der Waals surface area contributed by atoms with Gasteiger partial charge in [0.1, 0.15) is 5.78 Å². The Bertz CT molecular complexity index is 321. The lowest BCUT2D eigenvalue weighted by atomic mass is 9.99. The maximum absolute atomic E-state index is 11.6. The lowest BCUT2D eigenvalue weighted by Gasteiger charge is -2.05. The van der Waals surface area contributed by atoms with E-state index in [1.54, 1.807) is 0 Å². The van der Waals surface area contributed by atoms with Gasteiger partial charge in [-0.3, -0.25) is 4.79 Å². The van der Waals surface area contributed by atoms with Crippen LogP contribution in [0.5, 0.6) is 0 Å². The number of rotatable bonds is 3. The maximum Gasteiger partial charge on any atom is 0.137 e. The first kappa shape index (κ1) is 9.41. The van der Waals surface area contributed by atoms with E-state index in [9.17, 15) is 4.79 Å². The summed E-state index contributed by atoms with van der Waals surface area (Å²) in [5.41, 5.74) is 8.05. The third-order valence-corrected chi connectivity index (χ3v) is 2.90. The number of fused-ring (bicyclic) bond motifs is 1. The Balaban J connectivity index is 2.08. The van der Waals surface area contributed by atoms with E-state index in [1.807, 2.05) is 12.1 Å². The zero-order valence-corrected chi connectivity index (χ0v) is 8.20. The van der Waals surface area contributed by atoms with Crippen LogP contribution in [0.1, 0.15) is 17.5 Å². The number of hydrogen-bond acceptors (Lipinski definition) is 2. The van der Waals surface area contributed by atoms with Crippen molar-refractivity contribution in [2.24, 2.45) is 11.7 Å². The van der Waals surface area contributed by atoms with Gasteiger partial charge in [-0.1, -0.05) is 24.3 Å².